The van der Waals surface area contributed by atoms with Gasteiger partial charge in [0.2, 0.25) is 0 Å². The van der Waals surface area contributed by atoms with Gasteiger partial charge in [0, 0.05) is 24.9 Å². The van der Waals surface area contributed by atoms with Crippen LogP contribution < -0.4 is 11.3 Å². The maximum atomic E-state index is 5.62. The second-order valence-electron chi connectivity index (χ2n) is 4.79. The molecule has 0 aliphatic carbocycles. The molecule has 18 heavy (non-hydrogen) atoms. The number of nitrogens with zero attached hydrogens (tertiary/aromatic N) is 3. The van der Waals surface area contributed by atoms with Crippen molar-refractivity contribution in [3.63, 3.8) is 0 Å². The van der Waals surface area contributed by atoms with E-state index >= 15 is 0 Å². The van der Waals surface area contributed by atoms with Crippen molar-refractivity contribution in [2.75, 3.05) is 25.6 Å². The molecule has 1 aromatic rings. The summed E-state index contributed by atoms with van der Waals surface area (Å²) in [6.07, 6.45) is 2.67. The fourth-order valence-electron chi connectivity index (χ4n) is 2.22. The van der Waals surface area contributed by atoms with Crippen molar-refractivity contribution in [1.82, 2.24) is 14.9 Å². The molecule has 1 unspecified atom stereocenters. The zero-order valence-corrected chi connectivity index (χ0v) is 11.0. The van der Waals surface area contributed by atoms with Gasteiger partial charge in [-0.15, -0.1) is 0 Å². The molecule has 0 saturated carbocycles. The Morgan fingerprint density at radius 1 is 1.56 bits per heavy atom. The van der Waals surface area contributed by atoms with Gasteiger partial charge in [-0.25, -0.2) is 15.8 Å². The van der Waals surface area contributed by atoms with Crippen LogP contribution in [0.1, 0.15) is 24.4 Å². The van der Waals surface area contributed by atoms with E-state index in [4.69, 9.17) is 10.6 Å². The average Bonchev–Trinajstić information content (AvgIpc) is 2.80. The highest BCUT2D eigenvalue weighted by Crippen LogP contribution is 2.14. The third-order valence-corrected chi connectivity index (χ3v) is 3.00. The summed E-state index contributed by atoms with van der Waals surface area (Å²) in [7, 11) is 2.06. The van der Waals surface area contributed by atoms with Crippen LogP contribution in [-0.4, -0.2) is 41.2 Å². The van der Waals surface area contributed by atoms with Gasteiger partial charge in [0.1, 0.15) is 11.6 Å². The van der Waals surface area contributed by atoms with E-state index in [9.17, 15) is 0 Å². The van der Waals surface area contributed by atoms with Gasteiger partial charge in [0.15, 0.2) is 0 Å². The molecule has 3 N–H and O–H groups in total. The average molecular weight is 251 g/mol. The summed E-state index contributed by atoms with van der Waals surface area (Å²) in [5, 5.41) is 0. The Labute approximate surface area is 108 Å². The number of ether oxygens (including phenoxy) is 1. The van der Waals surface area contributed by atoms with E-state index in [-0.39, 0.29) is 0 Å². The van der Waals surface area contributed by atoms with Crippen LogP contribution in [0.25, 0.3) is 0 Å². The molecule has 1 fully saturated rings. The predicted molar refractivity (Wildman–Crippen MR) is 69.9 cm³/mol. The Morgan fingerprint density at radius 2 is 2.39 bits per heavy atom. The van der Waals surface area contributed by atoms with Crippen LogP contribution in [-0.2, 0) is 11.3 Å². The van der Waals surface area contributed by atoms with Gasteiger partial charge in [0.25, 0.3) is 0 Å². The van der Waals surface area contributed by atoms with E-state index < -0.39 is 0 Å². The first-order chi connectivity index (χ1) is 8.67. The summed E-state index contributed by atoms with van der Waals surface area (Å²) in [6, 6.07) is 1.82. The molecule has 100 valence electrons. The Balaban J connectivity index is 1.93. The summed E-state index contributed by atoms with van der Waals surface area (Å²) in [6.45, 7) is 4.45. The number of anilines is 1. The second kappa shape index (κ2) is 6.08. The standard InChI is InChI=1S/C12H21N5O/c1-9-6-11(16-13)15-12(14-9)8-17(2)7-10-4-3-5-18-10/h6,10H,3-5,7-8,13H2,1-2H3,(H,14,15,16). The number of likely N-dealkylation sites (N-methyl/N-ethyl adjacent to an activating group) is 1. The minimum absolute atomic E-state index is 0.354. The lowest BCUT2D eigenvalue weighted by Gasteiger charge is -2.19. The van der Waals surface area contributed by atoms with Gasteiger partial charge < -0.3 is 10.2 Å². The maximum absolute atomic E-state index is 5.62. The molecule has 1 aromatic heterocycles. The quantitative estimate of drug-likeness (QED) is 0.592. The maximum Gasteiger partial charge on any atom is 0.145 e. The van der Waals surface area contributed by atoms with Crippen molar-refractivity contribution in [1.29, 1.82) is 0 Å². The number of aromatic nitrogens is 2. The normalized spacial score (nSPS) is 19.4. The van der Waals surface area contributed by atoms with Gasteiger partial charge in [0.05, 0.1) is 12.6 Å². The molecule has 6 heteroatoms. The van der Waals surface area contributed by atoms with Crippen molar-refractivity contribution >= 4 is 5.82 Å². The molecule has 1 atom stereocenters. The van der Waals surface area contributed by atoms with E-state index in [1.54, 1.807) is 0 Å². The summed E-state index contributed by atoms with van der Waals surface area (Å²) < 4.78 is 5.62. The van der Waals surface area contributed by atoms with Crippen LogP contribution >= 0.6 is 0 Å². The second-order valence-corrected chi connectivity index (χ2v) is 4.79. The molecule has 6 nitrogen and oxygen atoms in total. The number of hydrogen-bond acceptors (Lipinski definition) is 6. The van der Waals surface area contributed by atoms with Crippen molar-refractivity contribution in [3.8, 4) is 0 Å². The fourth-order valence-corrected chi connectivity index (χ4v) is 2.22. The fraction of sp³-hybridized carbons (Fsp3) is 0.667. The van der Waals surface area contributed by atoms with E-state index in [0.29, 0.717) is 18.5 Å². The topological polar surface area (TPSA) is 76.3 Å². The molecule has 0 bridgehead atoms. The first kappa shape index (κ1) is 13.2. The molecule has 1 aliphatic heterocycles. The summed E-state index contributed by atoms with van der Waals surface area (Å²) in [5.41, 5.74) is 3.48. The Morgan fingerprint density at radius 3 is 3.06 bits per heavy atom. The van der Waals surface area contributed by atoms with Gasteiger partial charge in [-0.1, -0.05) is 0 Å². The first-order valence-electron chi connectivity index (χ1n) is 6.28. The number of rotatable bonds is 5. The molecule has 0 aromatic carbocycles. The number of nitrogens with one attached hydrogen (secondary N) is 1. The molecular formula is C12H21N5O. The lowest BCUT2D eigenvalue weighted by molar-refractivity contribution is 0.0786. The largest absolute Gasteiger partial charge is 0.377 e. The van der Waals surface area contributed by atoms with Gasteiger partial charge in [-0.05, 0) is 26.8 Å². The molecule has 2 heterocycles. The van der Waals surface area contributed by atoms with Crippen LogP contribution in [0.15, 0.2) is 6.07 Å². The summed E-state index contributed by atoms with van der Waals surface area (Å²) in [4.78, 5) is 10.9. The van der Waals surface area contributed by atoms with Gasteiger partial charge in [-0.3, -0.25) is 4.90 Å². The van der Waals surface area contributed by atoms with Gasteiger partial charge in [-0.2, -0.15) is 0 Å². The highest BCUT2D eigenvalue weighted by molar-refractivity contribution is 5.33. The smallest absolute Gasteiger partial charge is 0.145 e. The Bertz CT molecular complexity index is 392. The van der Waals surface area contributed by atoms with Crippen LogP contribution in [0.2, 0.25) is 0 Å². The number of hydrogen-bond donors (Lipinski definition) is 2. The van der Waals surface area contributed by atoms with Crippen molar-refractivity contribution in [3.05, 3.63) is 17.6 Å². The number of hydrazine groups is 1. The van der Waals surface area contributed by atoms with Crippen LogP contribution in [0.4, 0.5) is 5.82 Å². The molecule has 0 amide bonds. The minimum atomic E-state index is 0.354. The third kappa shape index (κ3) is 3.63. The number of aryl methyl sites for hydroxylation is 1. The zero-order chi connectivity index (χ0) is 13.0. The van der Waals surface area contributed by atoms with E-state index in [0.717, 1.165) is 31.1 Å². The molecule has 0 spiro atoms. The monoisotopic (exact) mass is 251 g/mol. The van der Waals surface area contributed by atoms with Crippen LogP contribution in [0, 0.1) is 6.92 Å². The lowest BCUT2D eigenvalue weighted by atomic mass is 10.2. The van der Waals surface area contributed by atoms with Crippen LogP contribution in [0.3, 0.4) is 0 Å². The van der Waals surface area contributed by atoms with E-state index in [1.807, 2.05) is 13.0 Å². The molecule has 1 aliphatic rings. The SMILES string of the molecule is Cc1cc(NN)nc(CN(C)CC2CCCO2)n1. The highest BCUT2D eigenvalue weighted by Gasteiger charge is 2.17. The molecule has 1 saturated heterocycles. The van der Waals surface area contributed by atoms with Crippen molar-refractivity contribution in [2.24, 2.45) is 5.84 Å². The predicted octanol–water partition coefficient (Wildman–Crippen LogP) is 0.681. The van der Waals surface area contributed by atoms with Gasteiger partial charge >= 0.3 is 0 Å². The van der Waals surface area contributed by atoms with E-state index in [2.05, 4.69) is 27.3 Å². The van der Waals surface area contributed by atoms with Crippen molar-refractivity contribution in [2.45, 2.75) is 32.4 Å². The summed E-state index contributed by atoms with van der Waals surface area (Å²) >= 11 is 0. The van der Waals surface area contributed by atoms with Crippen LogP contribution in [0.5, 0.6) is 0 Å². The zero-order valence-electron chi connectivity index (χ0n) is 11.0. The van der Waals surface area contributed by atoms with E-state index in [1.165, 1.54) is 6.42 Å². The Hall–Kier alpha value is -1.24. The lowest BCUT2D eigenvalue weighted by Crippen LogP contribution is -2.29. The highest BCUT2D eigenvalue weighted by atomic mass is 16.5. The summed E-state index contributed by atoms with van der Waals surface area (Å²) in [5.74, 6) is 6.81. The molecular weight excluding hydrogens is 230 g/mol. The minimum Gasteiger partial charge on any atom is -0.377 e. The Kier molecular flexibility index (Phi) is 4.46. The molecule has 2 rings (SSSR count). The number of nitrogens with two attached hydrogens (primary N) is 1. The molecule has 0 radical (unpaired) electrons. The van der Waals surface area contributed by atoms with Crippen molar-refractivity contribution < 1.29 is 4.74 Å². The number of nitrogen functional groups attached to an aromatic ring is 1. The third-order valence-electron chi connectivity index (χ3n) is 3.00. The first-order valence-corrected chi connectivity index (χ1v) is 6.28.